The second-order valence-corrected chi connectivity index (χ2v) is 2.76. The van der Waals surface area contributed by atoms with E-state index in [1.165, 1.54) is 0 Å². The number of nitrogens with one attached hydrogen (secondary N) is 1. The van der Waals surface area contributed by atoms with Gasteiger partial charge in [-0.05, 0) is 0 Å². The second kappa shape index (κ2) is 1.94. The van der Waals surface area contributed by atoms with Crippen LogP contribution in [0.15, 0.2) is 0 Å². The molecule has 2 rings (SSSR count). The molecule has 0 aromatic heterocycles. The molecule has 2 N–H and O–H groups in total. The molecule has 3 heteroatoms. The summed E-state index contributed by atoms with van der Waals surface area (Å²) in [5, 5.41) is 12.4. The van der Waals surface area contributed by atoms with Crippen LogP contribution in [-0.2, 0) is 4.74 Å². The van der Waals surface area contributed by atoms with Crippen LogP contribution >= 0.6 is 0 Å². The molecule has 2 heterocycles. The van der Waals surface area contributed by atoms with Crippen LogP contribution in [0, 0.1) is 5.92 Å². The van der Waals surface area contributed by atoms with Crippen LogP contribution in [0.2, 0.25) is 0 Å². The van der Waals surface area contributed by atoms with E-state index in [0.29, 0.717) is 18.6 Å². The zero-order chi connectivity index (χ0) is 6.27. The summed E-state index contributed by atoms with van der Waals surface area (Å²) < 4.78 is 5.28. The number of aliphatic hydroxyl groups excluding tert-OH is 1. The molecule has 52 valence electrons. The molecule has 3 nitrogen and oxygen atoms in total. The zero-order valence-corrected chi connectivity index (χ0v) is 5.21. The fourth-order valence-electron chi connectivity index (χ4n) is 1.59. The molecular weight excluding hydrogens is 118 g/mol. The van der Waals surface area contributed by atoms with Gasteiger partial charge in [-0.1, -0.05) is 0 Å². The van der Waals surface area contributed by atoms with Gasteiger partial charge in [0, 0.05) is 19.0 Å². The van der Waals surface area contributed by atoms with E-state index in [-0.39, 0.29) is 6.10 Å². The Labute approximate surface area is 54.0 Å². The number of aliphatic hydroxyl groups is 1. The average molecular weight is 129 g/mol. The molecule has 9 heavy (non-hydrogen) atoms. The van der Waals surface area contributed by atoms with Crippen molar-refractivity contribution in [3.8, 4) is 0 Å². The standard InChI is InChI=1S/C6H11NO2/c8-5-3-9-6-2-7-1-4(5)6/h4-8H,1-3H2/t4?,5?,6-/m1/s1. The van der Waals surface area contributed by atoms with Crippen LogP contribution in [0.4, 0.5) is 0 Å². The zero-order valence-electron chi connectivity index (χ0n) is 5.21. The topological polar surface area (TPSA) is 41.5 Å². The van der Waals surface area contributed by atoms with Crippen molar-refractivity contribution in [2.45, 2.75) is 12.2 Å². The first-order valence-electron chi connectivity index (χ1n) is 3.38. The van der Waals surface area contributed by atoms with E-state index in [1.54, 1.807) is 0 Å². The smallest absolute Gasteiger partial charge is 0.0839 e. The number of ether oxygens (including phenoxy) is 1. The highest BCUT2D eigenvalue weighted by Crippen LogP contribution is 2.23. The molecule has 0 aromatic carbocycles. The van der Waals surface area contributed by atoms with Gasteiger partial charge in [-0.15, -0.1) is 0 Å². The van der Waals surface area contributed by atoms with Crippen LogP contribution in [0.3, 0.4) is 0 Å². The van der Waals surface area contributed by atoms with Crippen molar-refractivity contribution < 1.29 is 9.84 Å². The molecule has 2 fully saturated rings. The minimum atomic E-state index is -0.218. The third-order valence-electron chi connectivity index (χ3n) is 2.18. The molecule has 2 aliphatic rings. The molecule has 0 spiro atoms. The van der Waals surface area contributed by atoms with Crippen LogP contribution in [0.5, 0.6) is 0 Å². The van der Waals surface area contributed by atoms with E-state index in [2.05, 4.69) is 5.32 Å². The fourth-order valence-corrected chi connectivity index (χ4v) is 1.59. The maximum Gasteiger partial charge on any atom is 0.0839 e. The predicted molar refractivity (Wildman–Crippen MR) is 32.1 cm³/mol. The number of rotatable bonds is 0. The number of hydrogen-bond acceptors (Lipinski definition) is 3. The van der Waals surface area contributed by atoms with Gasteiger partial charge in [0.15, 0.2) is 0 Å². The summed E-state index contributed by atoms with van der Waals surface area (Å²) >= 11 is 0. The Balaban J connectivity index is 2.07. The Kier molecular flexibility index (Phi) is 1.22. The summed E-state index contributed by atoms with van der Waals surface area (Å²) in [5.74, 6) is 0.366. The third kappa shape index (κ3) is 0.764. The van der Waals surface area contributed by atoms with Crippen molar-refractivity contribution >= 4 is 0 Å². The van der Waals surface area contributed by atoms with Crippen LogP contribution < -0.4 is 5.32 Å². The van der Waals surface area contributed by atoms with Gasteiger partial charge in [0.1, 0.15) is 0 Å². The van der Waals surface area contributed by atoms with E-state index in [1.807, 2.05) is 0 Å². The molecule has 0 radical (unpaired) electrons. The lowest BCUT2D eigenvalue weighted by Gasteiger charge is -2.06. The normalized spacial score (nSPS) is 49.7. The minimum Gasteiger partial charge on any atom is -0.390 e. The van der Waals surface area contributed by atoms with Crippen LogP contribution in [0.1, 0.15) is 0 Å². The van der Waals surface area contributed by atoms with Gasteiger partial charge in [0.2, 0.25) is 0 Å². The van der Waals surface area contributed by atoms with Gasteiger partial charge < -0.3 is 15.2 Å². The van der Waals surface area contributed by atoms with Gasteiger partial charge in [0.25, 0.3) is 0 Å². The summed E-state index contributed by atoms with van der Waals surface area (Å²) in [7, 11) is 0. The molecule has 0 bridgehead atoms. The van der Waals surface area contributed by atoms with Gasteiger partial charge in [-0.25, -0.2) is 0 Å². The number of hydrogen-bond donors (Lipinski definition) is 2. The summed E-state index contributed by atoms with van der Waals surface area (Å²) in [6.45, 7) is 2.38. The molecule has 2 unspecified atom stereocenters. The molecule has 0 aromatic rings. The summed E-state index contributed by atoms with van der Waals surface area (Å²) in [6, 6.07) is 0. The van der Waals surface area contributed by atoms with Crippen molar-refractivity contribution in [2.75, 3.05) is 19.7 Å². The van der Waals surface area contributed by atoms with Gasteiger partial charge in [-0.3, -0.25) is 0 Å². The summed E-state index contributed by atoms with van der Waals surface area (Å²) in [4.78, 5) is 0. The first-order valence-corrected chi connectivity index (χ1v) is 3.38. The Bertz CT molecular complexity index is 118. The highest BCUT2D eigenvalue weighted by molar-refractivity contribution is 4.91. The molecule has 0 aliphatic carbocycles. The van der Waals surface area contributed by atoms with Crippen molar-refractivity contribution in [3.63, 3.8) is 0 Å². The Hall–Kier alpha value is -0.120. The molecule has 2 saturated heterocycles. The van der Waals surface area contributed by atoms with E-state index in [9.17, 15) is 5.11 Å². The van der Waals surface area contributed by atoms with Gasteiger partial charge >= 0.3 is 0 Å². The summed E-state index contributed by atoms with van der Waals surface area (Å²) in [6.07, 6.45) is 0.0741. The predicted octanol–water partition coefficient (Wildman–Crippen LogP) is -1.03. The fraction of sp³-hybridized carbons (Fsp3) is 1.00. The van der Waals surface area contributed by atoms with Gasteiger partial charge in [-0.2, -0.15) is 0 Å². The number of fused-ring (bicyclic) bond motifs is 1. The van der Waals surface area contributed by atoms with Crippen molar-refractivity contribution in [1.29, 1.82) is 0 Å². The van der Waals surface area contributed by atoms with Crippen molar-refractivity contribution in [3.05, 3.63) is 0 Å². The van der Waals surface area contributed by atoms with E-state index in [4.69, 9.17) is 4.74 Å². The Morgan fingerprint density at radius 2 is 2.33 bits per heavy atom. The van der Waals surface area contributed by atoms with E-state index in [0.717, 1.165) is 13.1 Å². The maximum absolute atomic E-state index is 9.23. The highest BCUT2D eigenvalue weighted by Gasteiger charge is 2.39. The first kappa shape index (κ1) is 5.65. The lowest BCUT2D eigenvalue weighted by Crippen LogP contribution is -2.22. The maximum atomic E-state index is 9.23. The lowest BCUT2D eigenvalue weighted by molar-refractivity contribution is 0.0906. The highest BCUT2D eigenvalue weighted by atomic mass is 16.5. The quantitative estimate of drug-likeness (QED) is 0.439. The average Bonchev–Trinajstić information content (AvgIpc) is 2.35. The van der Waals surface area contributed by atoms with Crippen LogP contribution in [0.25, 0.3) is 0 Å². The first-order chi connectivity index (χ1) is 4.38. The summed E-state index contributed by atoms with van der Waals surface area (Å²) in [5.41, 5.74) is 0. The van der Waals surface area contributed by atoms with E-state index >= 15 is 0 Å². The third-order valence-corrected chi connectivity index (χ3v) is 2.18. The molecule has 0 saturated carbocycles. The van der Waals surface area contributed by atoms with Crippen LogP contribution in [-0.4, -0.2) is 37.0 Å². The molecule has 2 aliphatic heterocycles. The monoisotopic (exact) mass is 129 g/mol. The largest absolute Gasteiger partial charge is 0.390 e. The Morgan fingerprint density at radius 3 is 3.11 bits per heavy atom. The van der Waals surface area contributed by atoms with E-state index < -0.39 is 0 Å². The molecule has 0 amide bonds. The minimum absolute atomic E-state index is 0.218. The second-order valence-electron chi connectivity index (χ2n) is 2.76. The van der Waals surface area contributed by atoms with Crippen molar-refractivity contribution in [1.82, 2.24) is 5.32 Å². The van der Waals surface area contributed by atoms with Crippen molar-refractivity contribution in [2.24, 2.45) is 5.92 Å². The molecule has 3 atom stereocenters. The molecular formula is C6H11NO2. The van der Waals surface area contributed by atoms with Gasteiger partial charge in [0.05, 0.1) is 18.8 Å². The SMILES string of the molecule is OC1CO[C@@H]2CNCC12. The lowest BCUT2D eigenvalue weighted by atomic mass is 10.0. The Morgan fingerprint density at radius 1 is 1.44 bits per heavy atom.